The van der Waals surface area contributed by atoms with Gasteiger partial charge in [-0.05, 0) is 48.2 Å². The number of benzene rings is 2. The molecule has 0 saturated carbocycles. The number of nitrogens with zero attached hydrogens (tertiary/aromatic N) is 1. The second kappa shape index (κ2) is 9.03. The molecule has 2 aliphatic heterocycles. The highest BCUT2D eigenvalue weighted by molar-refractivity contribution is 8.18. The number of thioether (sulfide) groups is 1. The van der Waals surface area contributed by atoms with Crippen molar-refractivity contribution >= 4 is 46.5 Å². The standard InChI is InChI=1S/C24H16N2O8S/c27-21(25-15-4-6-18-19(9-15)33-12-32-18)11-26-22(28)20(35-24(26)31)10-16-5-7-17(34-16)13-2-1-3-14(8-13)23(29)30/h1-10H,11-12H2,(H,25,27)(H,29,30)/b20-10+. The van der Waals surface area contributed by atoms with Gasteiger partial charge in [0, 0.05) is 23.4 Å². The lowest BCUT2D eigenvalue weighted by Crippen LogP contribution is -2.36. The number of hydrogen-bond acceptors (Lipinski definition) is 8. The molecule has 3 aromatic rings. The molecule has 11 heteroatoms. The van der Waals surface area contributed by atoms with Gasteiger partial charge < -0.3 is 24.3 Å². The molecule has 0 spiro atoms. The van der Waals surface area contributed by atoms with Crippen LogP contribution >= 0.6 is 11.8 Å². The van der Waals surface area contributed by atoms with Crippen molar-refractivity contribution in [2.75, 3.05) is 18.7 Å². The maximum atomic E-state index is 12.8. The largest absolute Gasteiger partial charge is 0.478 e. The van der Waals surface area contributed by atoms with Gasteiger partial charge in [-0.15, -0.1) is 0 Å². The zero-order valence-corrected chi connectivity index (χ0v) is 18.7. The minimum absolute atomic E-state index is 0.0989. The zero-order valence-electron chi connectivity index (χ0n) is 17.8. The summed E-state index contributed by atoms with van der Waals surface area (Å²) in [7, 11) is 0. The number of ether oxygens (including phenoxy) is 2. The van der Waals surface area contributed by atoms with Gasteiger partial charge in [-0.3, -0.25) is 19.3 Å². The van der Waals surface area contributed by atoms with Gasteiger partial charge in [0.05, 0.1) is 10.5 Å². The Morgan fingerprint density at radius 1 is 1.06 bits per heavy atom. The van der Waals surface area contributed by atoms with E-state index in [4.69, 9.17) is 19.0 Å². The molecule has 0 aliphatic carbocycles. The van der Waals surface area contributed by atoms with E-state index in [0.29, 0.717) is 46.0 Å². The van der Waals surface area contributed by atoms with Crippen LogP contribution in [0.5, 0.6) is 11.5 Å². The molecule has 35 heavy (non-hydrogen) atoms. The predicted molar refractivity (Wildman–Crippen MR) is 125 cm³/mol. The second-order valence-corrected chi connectivity index (χ2v) is 8.47. The first-order valence-corrected chi connectivity index (χ1v) is 11.1. The third kappa shape index (κ3) is 4.62. The second-order valence-electron chi connectivity index (χ2n) is 7.47. The number of rotatable bonds is 6. The molecule has 2 aliphatic rings. The van der Waals surface area contributed by atoms with Crippen LogP contribution in [0.2, 0.25) is 0 Å². The van der Waals surface area contributed by atoms with Gasteiger partial charge in [0.15, 0.2) is 11.5 Å². The van der Waals surface area contributed by atoms with Crippen molar-refractivity contribution < 1.29 is 38.2 Å². The number of carboxylic acids is 1. The number of furan rings is 1. The molecule has 0 atom stereocenters. The molecule has 0 radical (unpaired) electrons. The zero-order chi connectivity index (χ0) is 24.5. The fourth-order valence-corrected chi connectivity index (χ4v) is 4.29. The number of carbonyl (C=O) groups excluding carboxylic acids is 3. The van der Waals surface area contributed by atoms with Crippen molar-refractivity contribution in [3.8, 4) is 22.8 Å². The molecule has 176 valence electrons. The summed E-state index contributed by atoms with van der Waals surface area (Å²) in [5, 5.41) is 11.2. The first-order valence-electron chi connectivity index (χ1n) is 10.3. The molecule has 1 fully saturated rings. The van der Waals surface area contributed by atoms with Crippen molar-refractivity contribution in [2.45, 2.75) is 0 Å². The summed E-state index contributed by atoms with van der Waals surface area (Å²) in [5.41, 5.74) is 1.11. The first-order chi connectivity index (χ1) is 16.9. The lowest BCUT2D eigenvalue weighted by molar-refractivity contribution is -0.127. The fraction of sp³-hybridized carbons (Fsp3) is 0.0833. The lowest BCUT2D eigenvalue weighted by atomic mass is 10.1. The SMILES string of the molecule is O=C(CN1C(=O)S/C(=C/c2ccc(-c3cccc(C(=O)O)c3)o2)C1=O)Nc1ccc2c(c1)OCO2. The van der Waals surface area contributed by atoms with Crippen LogP contribution in [0.4, 0.5) is 10.5 Å². The average molecular weight is 492 g/mol. The van der Waals surface area contributed by atoms with Crippen LogP contribution in [-0.2, 0) is 9.59 Å². The number of imide groups is 1. The topological polar surface area (TPSA) is 135 Å². The van der Waals surface area contributed by atoms with Gasteiger partial charge in [0.25, 0.3) is 11.1 Å². The molecule has 1 saturated heterocycles. The van der Waals surface area contributed by atoms with Gasteiger partial charge in [0.1, 0.15) is 18.1 Å². The molecule has 1 aromatic heterocycles. The van der Waals surface area contributed by atoms with Crippen molar-refractivity contribution in [3.05, 3.63) is 70.8 Å². The quantitative estimate of drug-likeness (QED) is 0.489. The van der Waals surface area contributed by atoms with Crippen LogP contribution in [-0.4, -0.2) is 46.4 Å². The summed E-state index contributed by atoms with van der Waals surface area (Å²) >= 11 is 0.697. The third-order valence-corrected chi connectivity index (χ3v) is 6.03. The van der Waals surface area contributed by atoms with Crippen LogP contribution < -0.4 is 14.8 Å². The summed E-state index contributed by atoms with van der Waals surface area (Å²) in [6.07, 6.45) is 1.41. The van der Waals surface area contributed by atoms with Crippen molar-refractivity contribution in [1.29, 1.82) is 0 Å². The molecule has 3 amide bonds. The summed E-state index contributed by atoms with van der Waals surface area (Å²) in [4.78, 5) is 49.7. The number of carbonyl (C=O) groups is 4. The summed E-state index contributed by atoms with van der Waals surface area (Å²) in [5.74, 6) is -0.468. The van der Waals surface area contributed by atoms with Crippen LogP contribution in [0.15, 0.2) is 63.9 Å². The van der Waals surface area contributed by atoms with Crippen molar-refractivity contribution in [1.82, 2.24) is 4.90 Å². The Morgan fingerprint density at radius 3 is 2.71 bits per heavy atom. The lowest BCUT2D eigenvalue weighted by Gasteiger charge is -2.12. The van der Waals surface area contributed by atoms with Gasteiger partial charge in [-0.2, -0.15) is 0 Å². The molecule has 2 N–H and O–H groups in total. The molecular weight excluding hydrogens is 476 g/mol. The van der Waals surface area contributed by atoms with Crippen molar-refractivity contribution in [3.63, 3.8) is 0 Å². The van der Waals surface area contributed by atoms with Gasteiger partial charge in [0.2, 0.25) is 12.7 Å². The molecule has 0 unspecified atom stereocenters. The van der Waals surface area contributed by atoms with E-state index in [9.17, 15) is 19.2 Å². The number of anilines is 1. The van der Waals surface area contributed by atoms with E-state index >= 15 is 0 Å². The summed E-state index contributed by atoms with van der Waals surface area (Å²) in [6.45, 7) is -0.358. The number of aromatic carboxylic acids is 1. The Morgan fingerprint density at radius 2 is 1.89 bits per heavy atom. The Kier molecular flexibility index (Phi) is 5.75. The smallest absolute Gasteiger partial charge is 0.335 e. The van der Waals surface area contributed by atoms with E-state index in [2.05, 4.69) is 5.32 Å². The van der Waals surface area contributed by atoms with Crippen LogP contribution in [0, 0.1) is 0 Å². The van der Waals surface area contributed by atoms with Gasteiger partial charge in [-0.25, -0.2) is 4.79 Å². The maximum absolute atomic E-state index is 12.8. The Balaban J connectivity index is 1.26. The molecular formula is C24H16N2O8S. The Bertz CT molecular complexity index is 1410. The van der Waals surface area contributed by atoms with E-state index in [1.54, 1.807) is 42.5 Å². The normalized spacial score (nSPS) is 15.7. The molecule has 3 heterocycles. The minimum atomic E-state index is -1.06. The van der Waals surface area contributed by atoms with E-state index in [1.165, 1.54) is 18.2 Å². The highest BCUT2D eigenvalue weighted by Crippen LogP contribution is 2.35. The first kappa shape index (κ1) is 22.3. The molecule has 2 aromatic carbocycles. The van der Waals surface area contributed by atoms with E-state index in [-0.39, 0.29) is 17.3 Å². The monoisotopic (exact) mass is 492 g/mol. The number of fused-ring (bicyclic) bond motifs is 1. The average Bonchev–Trinajstić information content (AvgIpc) is 3.56. The predicted octanol–water partition coefficient (Wildman–Crippen LogP) is 4.05. The number of amides is 3. The number of carboxylic acid groups (broad SMARTS) is 1. The van der Waals surface area contributed by atoms with Crippen molar-refractivity contribution in [2.24, 2.45) is 0 Å². The molecule has 5 rings (SSSR count). The van der Waals surface area contributed by atoms with E-state index in [0.717, 1.165) is 4.90 Å². The summed E-state index contributed by atoms with van der Waals surface area (Å²) < 4.78 is 16.2. The highest BCUT2D eigenvalue weighted by atomic mass is 32.2. The fourth-order valence-electron chi connectivity index (χ4n) is 3.47. The van der Waals surface area contributed by atoms with Crippen LogP contribution in [0.25, 0.3) is 17.4 Å². The van der Waals surface area contributed by atoms with Gasteiger partial charge in [-0.1, -0.05) is 12.1 Å². The Hall–Kier alpha value is -4.51. The molecule has 10 nitrogen and oxygen atoms in total. The number of nitrogens with one attached hydrogen (secondary N) is 1. The van der Waals surface area contributed by atoms with Gasteiger partial charge >= 0.3 is 5.97 Å². The highest BCUT2D eigenvalue weighted by Gasteiger charge is 2.36. The summed E-state index contributed by atoms with van der Waals surface area (Å²) in [6, 6.07) is 14.3. The number of hydrogen-bond donors (Lipinski definition) is 2. The van der Waals surface area contributed by atoms with E-state index < -0.39 is 29.6 Å². The minimum Gasteiger partial charge on any atom is -0.478 e. The molecule has 0 bridgehead atoms. The van der Waals surface area contributed by atoms with Crippen LogP contribution in [0.3, 0.4) is 0 Å². The van der Waals surface area contributed by atoms with Crippen LogP contribution in [0.1, 0.15) is 16.1 Å². The Labute approximate surface area is 202 Å². The van der Waals surface area contributed by atoms with E-state index in [1.807, 2.05) is 0 Å². The third-order valence-electron chi connectivity index (χ3n) is 5.13. The maximum Gasteiger partial charge on any atom is 0.335 e.